The number of likely N-dealkylation sites (tertiary alicyclic amines) is 1. The number of carbonyl (C=O) groups excluding carboxylic acids is 1. The van der Waals surface area contributed by atoms with Crippen LogP contribution in [-0.2, 0) is 0 Å². The first-order chi connectivity index (χ1) is 8.20. The van der Waals surface area contributed by atoms with E-state index in [0.29, 0.717) is 23.5 Å². The number of rotatable bonds is 4. The van der Waals surface area contributed by atoms with Crippen LogP contribution in [-0.4, -0.2) is 37.4 Å². The van der Waals surface area contributed by atoms with E-state index in [2.05, 4.69) is 4.90 Å². The largest absolute Gasteiger partial charge is 0.495 e. The number of Topliss-reactive ketones (excluding diaryl/α,β-unsaturated/α-hetero) is 1. The molecule has 2 rings (SSSR count). The molecule has 92 valence electrons. The maximum atomic E-state index is 12.0. The van der Waals surface area contributed by atoms with E-state index in [1.165, 1.54) is 12.8 Å². The molecule has 1 fully saturated rings. The van der Waals surface area contributed by atoms with Gasteiger partial charge >= 0.3 is 0 Å². The van der Waals surface area contributed by atoms with E-state index in [9.17, 15) is 4.79 Å². The number of ketones is 1. The Bertz CT molecular complexity index is 412. The number of nitrogens with two attached hydrogens (primary N) is 1. The zero-order chi connectivity index (χ0) is 12.3. The Labute approximate surface area is 101 Å². The van der Waals surface area contributed by atoms with Crippen LogP contribution in [0, 0.1) is 0 Å². The van der Waals surface area contributed by atoms with Crippen LogP contribution in [0.15, 0.2) is 18.2 Å². The van der Waals surface area contributed by atoms with Gasteiger partial charge in [0.25, 0.3) is 0 Å². The Morgan fingerprint density at radius 2 is 2.12 bits per heavy atom. The highest BCUT2D eigenvalue weighted by Gasteiger charge is 2.16. The molecule has 0 unspecified atom stereocenters. The van der Waals surface area contributed by atoms with Gasteiger partial charge in [-0.15, -0.1) is 0 Å². The number of ether oxygens (including phenoxy) is 1. The van der Waals surface area contributed by atoms with Crippen LogP contribution in [0.25, 0.3) is 0 Å². The third kappa shape index (κ3) is 2.77. The monoisotopic (exact) mass is 234 g/mol. The number of methoxy groups -OCH3 is 1. The van der Waals surface area contributed by atoms with Gasteiger partial charge in [0.1, 0.15) is 5.75 Å². The predicted octanol–water partition coefficient (Wildman–Crippen LogP) is 1.56. The van der Waals surface area contributed by atoms with Gasteiger partial charge in [0.05, 0.1) is 19.3 Å². The minimum Gasteiger partial charge on any atom is -0.495 e. The summed E-state index contributed by atoms with van der Waals surface area (Å²) in [6, 6.07) is 5.21. The van der Waals surface area contributed by atoms with Crippen molar-refractivity contribution in [3.8, 4) is 5.75 Å². The first kappa shape index (κ1) is 11.9. The lowest BCUT2D eigenvalue weighted by Gasteiger charge is -2.13. The van der Waals surface area contributed by atoms with Crippen molar-refractivity contribution in [1.29, 1.82) is 0 Å². The summed E-state index contributed by atoms with van der Waals surface area (Å²) in [4.78, 5) is 14.2. The van der Waals surface area contributed by atoms with Gasteiger partial charge in [-0.1, -0.05) is 0 Å². The van der Waals surface area contributed by atoms with Crippen molar-refractivity contribution < 1.29 is 9.53 Å². The van der Waals surface area contributed by atoms with Gasteiger partial charge in [-0.25, -0.2) is 0 Å². The highest BCUT2D eigenvalue weighted by molar-refractivity contribution is 5.98. The number of nitrogen functional groups attached to an aromatic ring is 1. The lowest BCUT2D eigenvalue weighted by Crippen LogP contribution is -2.26. The van der Waals surface area contributed by atoms with E-state index in [-0.39, 0.29) is 5.78 Å². The van der Waals surface area contributed by atoms with Crippen molar-refractivity contribution in [1.82, 2.24) is 4.90 Å². The molecule has 0 amide bonds. The number of benzene rings is 1. The van der Waals surface area contributed by atoms with E-state index in [0.717, 1.165) is 13.1 Å². The molecular formula is C13H18N2O2. The summed E-state index contributed by atoms with van der Waals surface area (Å²) in [7, 11) is 1.57. The molecule has 0 saturated carbocycles. The van der Waals surface area contributed by atoms with Crippen LogP contribution < -0.4 is 10.5 Å². The maximum absolute atomic E-state index is 12.0. The average Bonchev–Trinajstić information content (AvgIpc) is 2.81. The third-order valence-electron chi connectivity index (χ3n) is 3.12. The number of nitrogens with zero attached hydrogens (tertiary/aromatic N) is 1. The molecule has 1 aliphatic rings. The average molecular weight is 234 g/mol. The molecule has 1 aromatic rings. The second-order valence-electron chi connectivity index (χ2n) is 4.36. The highest BCUT2D eigenvalue weighted by Crippen LogP contribution is 2.22. The second kappa shape index (κ2) is 5.19. The van der Waals surface area contributed by atoms with Crippen molar-refractivity contribution in [2.24, 2.45) is 0 Å². The number of hydrogen-bond donors (Lipinski definition) is 1. The molecule has 1 aromatic carbocycles. The number of carbonyl (C=O) groups is 1. The fraction of sp³-hybridized carbons (Fsp3) is 0.462. The fourth-order valence-electron chi connectivity index (χ4n) is 2.14. The molecule has 1 aliphatic heterocycles. The fourth-order valence-corrected chi connectivity index (χ4v) is 2.14. The Balaban J connectivity index is 2.05. The zero-order valence-corrected chi connectivity index (χ0v) is 10.1. The topological polar surface area (TPSA) is 55.6 Å². The van der Waals surface area contributed by atoms with Crippen molar-refractivity contribution in [3.63, 3.8) is 0 Å². The lowest BCUT2D eigenvalue weighted by molar-refractivity contribution is 0.0945. The van der Waals surface area contributed by atoms with Gasteiger partial charge in [-0.2, -0.15) is 0 Å². The molecule has 1 heterocycles. The molecule has 4 heteroatoms. The van der Waals surface area contributed by atoms with E-state index in [1.54, 1.807) is 25.3 Å². The van der Waals surface area contributed by atoms with Gasteiger partial charge in [0, 0.05) is 5.56 Å². The summed E-state index contributed by atoms with van der Waals surface area (Å²) in [5.41, 5.74) is 6.96. The standard InChI is InChI=1S/C13H18N2O2/c1-17-13-5-4-10(8-11(13)14)12(16)9-15-6-2-3-7-15/h4-5,8H,2-3,6-7,9,14H2,1H3. The van der Waals surface area contributed by atoms with Crippen molar-refractivity contribution in [3.05, 3.63) is 23.8 Å². The summed E-state index contributed by atoms with van der Waals surface area (Å²) in [5, 5.41) is 0. The van der Waals surface area contributed by atoms with Crippen LogP contribution in [0.4, 0.5) is 5.69 Å². The summed E-state index contributed by atoms with van der Waals surface area (Å²) >= 11 is 0. The van der Waals surface area contributed by atoms with Crippen molar-refractivity contribution in [2.75, 3.05) is 32.5 Å². The van der Waals surface area contributed by atoms with E-state index in [4.69, 9.17) is 10.5 Å². The van der Waals surface area contributed by atoms with Gasteiger partial charge in [-0.3, -0.25) is 9.69 Å². The normalized spacial score (nSPS) is 16.1. The first-order valence-electron chi connectivity index (χ1n) is 5.90. The van der Waals surface area contributed by atoms with Gasteiger partial charge in [-0.05, 0) is 44.1 Å². The minimum absolute atomic E-state index is 0.126. The molecule has 0 aromatic heterocycles. The lowest BCUT2D eigenvalue weighted by atomic mass is 10.1. The predicted molar refractivity (Wildman–Crippen MR) is 67.4 cm³/mol. The zero-order valence-electron chi connectivity index (χ0n) is 10.1. The van der Waals surface area contributed by atoms with Crippen LogP contribution in [0.1, 0.15) is 23.2 Å². The molecule has 0 aliphatic carbocycles. The maximum Gasteiger partial charge on any atom is 0.176 e. The summed E-state index contributed by atoms with van der Waals surface area (Å²) < 4.78 is 5.07. The van der Waals surface area contributed by atoms with Crippen LogP contribution in [0.5, 0.6) is 5.75 Å². The van der Waals surface area contributed by atoms with Gasteiger partial charge in [0.15, 0.2) is 5.78 Å². The quantitative estimate of drug-likeness (QED) is 0.634. The van der Waals surface area contributed by atoms with E-state index in [1.807, 2.05) is 0 Å². The Morgan fingerprint density at radius 1 is 1.41 bits per heavy atom. The van der Waals surface area contributed by atoms with Gasteiger partial charge in [0.2, 0.25) is 0 Å². The molecule has 0 bridgehead atoms. The summed E-state index contributed by atoms with van der Waals surface area (Å²) in [6.07, 6.45) is 2.38. The molecule has 0 atom stereocenters. The third-order valence-corrected chi connectivity index (χ3v) is 3.12. The first-order valence-corrected chi connectivity index (χ1v) is 5.90. The van der Waals surface area contributed by atoms with Crippen molar-refractivity contribution >= 4 is 11.5 Å². The Morgan fingerprint density at radius 3 is 2.71 bits per heavy atom. The van der Waals surface area contributed by atoms with E-state index >= 15 is 0 Å². The second-order valence-corrected chi connectivity index (χ2v) is 4.36. The smallest absolute Gasteiger partial charge is 0.176 e. The van der Waals surface area contributed by atoms with Crippen LogP contribution in [0.2, 0.25) is 0 Å². The Hall–Kier alpha value is -1.55. The number of anilines is 1. The van der Waals surface area contributed by atoms with E-state index < -0.39 is 0 Å². The minimum atomic E-state index is 0.126. The molecule has 2 N–H and O–H groups in total. The molecule has 1 saturated heterocycles. The molecule has 17 heavy (non-hydrogen) atoms. The molecule has 0 radical (unpaired) electrons. The van der Waals surface area contributed by atoms with Crippen molar-refractivity contribution in [2.45, 2.75) is 12.8 Å². The molecule has 4 nitrogen and oxygen atoms in total. The summed E-state index contributed by atoms with van der Waals surface area (Å²) in [5.74, 6) is 0.740. The van der Waals surface area contributed by atoms with Gasteiger partial charge < -0.3 is 10.5 Å². The highest BCUT2D eigenvalue weighted by atomic mass is 16.5. The number of hydrogen-bond acceptors (Lipinski definition) is 4. The van der Waals surface area contributed by atoms with Crippen LogP contribution in [0.3, 0.4) is 0 Å². The van der Waals surface area contributed by atoms with Crippen LogP contribution >= 0.6 is 0 Å². The Kier molecular flexibility index (Phi) is 3.64. The molecular weight excluding hydrogens is 216 g/mol. The molecule has 0 spiro atoms. The SMILES string of the molecule is COc1ccc(C(=O)CN2CCCC2)cc1N. The summed E-state index contributed by atoms with van der Waals surface area (Å²) in [6.45, 7) is 2.54.